The molecule has 0 aromatic carbocycles. The lowest BCUT2D eigenvalue weighted by atomic mass is 10.1. The summed E-state index contributed by atoms with van der Waals surface area (Å²) >= 11 is 1.47. The predicted molar refractivity (Wildman–Crippen MR) is 105 cm³/mol. The molecule has 1 aliphatic carbocycles. The Bertz CT molecular complexity index is 752. The van der Waals surface area contributed by atoms with Gasteiger partial charge < -0.3 is 20.9 Å². The fourth-order valence-electron chi connectivity index (χ4n) is 3.72. The molecular weight excluding hydrogens is 366 g/mol. The predicted octanol–water partition coefficient (Wildman–Crippen LogP) is 0.962. The van der Waals surface area contributed by atoms with Crippen molar-refractivity contribution in [3.05, 3.63) is 16.0 Å². The number of nitrogens with zero attached hydrogens (tertiary/aromatic N) is 3. The van der Waals surface area contributed by atoms with E-state index in [1.54, 1.807) is 23.9 Å². The Morgan fingerprint density at radius 1 is 1.15 bits per heavy atom. The lowest BCUT2D eigenvalue weighted by Gasteiger charge is -2.38. The summed E-state index contributed by atoms with van der Waals surface area (Å²) in [5, 5.41) is 3.49. The van der Waals surface area contributed by atoms with Crippen molar-refractivity contribution in [2.75, 3.05) is 45.6 Å². The fourth-order valence-corrected chi connectivity index (χ4v) is 5.02. The Hall–Kier alpha value is -2.13. The van der Waals surface area contributed by atoms with E-state index in [2.05, 4.69) is 10.2 Å². The zero-order chi connectivity index (χ0) is 19.7. The van der Waals surface area contributed by atoms with Crippen LogP contribution in [0.3, 0.4) is 0 Å². The average Bonchev–Trinajstić information content (AvgIpc) is 3.20. The zero-order valence-corrected chi connectivity index (χ0v) is 16.9. The second kappa shape index (κ2) is 7.85. The summed E-state index contributed by atoms with van der Waals surface area (Å²) in [6.45, 7) is 4.31. The molecule has 4 amide bonds. The number of nitrogens with one attached hydrogen (secondary N) is 1. The number of nitrogens with two attached hydrogens (primary N) is 1. The molecule has 9 heteroatoms. The molecule has 27 heavy (non-hydrogen) atoms. The number of rotatable bonds is 4. The molecule has 0 radical (unpaired) electrons. The van der Waals surface area contributed by atoms with E-state index in [9.17, 15) is 14.4 Å². The van der Waals surface area contributed by atoms with E-state index in [-0.39, 0.29) is 18.0 Å². The third-order valence-electron chi connectivity index (χ3n) is 5.30. The highest BCUT2D eigenvalue weighted by molar-refractivity contribution is 7.17. The first-order valence-electron chi connectivity index (χ1n) is 9.25. The van der Waals surface area contributed by atoms with Crippen molar-refractivity contribution in [3.8, 4) is 0 Å². The van der Waals surface area contributed by atoms with Crippen LogP contribution in [0.1, 0.15) is 34.1 Å². The van der Waals surface area contributed by atoms with Crippen molar-refractivity contribution in [2.45, 2.75) is 32.2 Å². The number of urea groups is 1. The van der Waals surface area contributed by atoms with Gasteiger partial charge in [-0.3, -0.25) is 14.5 Å². The van der Waals surface area contributed by atoms with Crippen LogP contribution in [0.5, 0.6) is 0 Å². The Labute approximate surface area is 163 Å². The summed E-state index contributed by atoms with van der Waals surface area (Å²) in [7, 11) is 3.47. The van der Waals surface area contributed by atoms with Gasteiger partial charge in [-0.15, -0.1) is 11.3 Å². The molecule has 0 spiro atoms. The largest absolute Gasteiger partial charge is 0.365 e. The van der Waals surface area contributed by atoms with E-state index in [0.717, 1.165) is 29.7 Å². The summed E-state index contributed by atoms with van der Waals surface area (Å²) in [6, 6.07) is -0.356. The molecule has 1 saturated heterocycles. The van der Waals surface area contributed by atoms with Gasteiger partial charge in [0.25, 0.3) is 5.91 Å². The molecule has 1 aliphatic heterocycles. The maximum atomic E-state index is 12.8. The molecule has 8 nitrogen and oxygen atoms in total. The minimum atomic E-state index is -0.479. The first-order chi connectivity index (χ1) is 12.8. The van der Waals surface area contributed by atoms with Gasteiger partial charge in [0, 0.05) is 45.2 Å². The normalized spacial score (nSPS) is 18.1. The van der Waals surface area contributed by atoms with Gasteiger partial charge in [0.1, 0.15) is 5.00 Å². The molecular formula is C18H27N5O3S. The third-order valence-corrected chi connectivity index (χ3v) is 6.51. The van der Waals surface area contributed by atoms with Crippen LogP contribution in [0.25, 0.3) is 0 Å². The summed E-state index contributed by atoms with van der Waals surface area (Å²) < 4.78 is 0. The zero-order valence-electron chi connectivity index (χ0n) is 16.1. The molecule has 1 fully saturated rings. The molecule has 148 valence electrons. The first-order valence-corrected chi connectivity index (χ1v) is 10.1. The maximum Gasteiger partial charge on any atom is 0.319 e. The molecule has 2 heterocycles. The third kappa shape index (κ3) is 3.93. The monoisotopic (exact) mass is 393 g/mol. The first kappa shape index (κ1) is 19.6. The van der Waals surface area contributed by atoms with Gasteiger partial charge in [0.05, 0.1) is 11.6 Å². The number of anilines is 1. The number of primary amides is 1. The van der Waals surface area contributed by atoms with Gasteiger partial charge in [0.2, 0.25) is 5.91 Å². The van der Waals surface area contributed by atoms with E-state index >= 15 is 0 Å². The number of amides is 4. The smallest absolute Gasteiger partial charge is 0.319 e. The Morgan fingerprint density at radius 3 is 2.41 bits per heavy atom. The maximum absolute atomic E-state index is 12.8. The number of hydrogen-bond donors (Lipinski definition) is 2. The van der Waals surface area contributed by atoms with Crippen molar-refractivity contribution in [3.63, 3.8) is 0 Å². The number of thiophene rings is 1. The number of carbonyl (C=O) groups excluding carboxylic acids is 3. The average molecular weight is 394 g/mol. The van der Waals surface area contributed by atoms with E-state index in [4.69, 9.17) is 5.73 Å². The lowest BCUT2D eigenvalue weighted by molar-refractivity contribution is -0.121. The van der Waals surface area contributed by atoms with Crippen LogP contribution in [-0.2, 0) is 17.6 Å². The van der Waals surface area contributed by atoms with Crippen LogP contribution in [0.15, 0.2) is 0 Å². The van der Waals surface area contributed by atoms with E-state index in [0.29, 0.717) is 36.7 Å². The second-order valence-electron chi connectivity index (χ2n) is 7.29. The van der Waals surface area contributed by atoms with Crippen LogP contribution < -0.4 is 11.1 Å². The minimum Gasteiger partial charge on any atom is -0.365 e. The van der Waals surface area contributed by atoms with E-state index < -0.39 is 5.91 Å². The van der Waals surface area contributed by atoms with E-state index in [1.807, 2.05) is 6.92 Å². The van der Waals surface area contributed by atoms with Crippen molar-refractivity contribution < 1.29 is 14.4 Å². The molecule has 1 aromatic heterocycles. The van der Waals surface area contributed by atoms with Gasteiger partial charge >= 0.3 is 6.03 Å². The second-order valence-corrected chi connectivity index (χ2v) is 8.40. The van der Waals surface area contributed by atoms with Gasteiger partial charge in [-0.25, -0.2) is 4.79 Å². The van der Waals surface area contributed by atoms with Crippen LogP contribution in [-0.4, -0.2) is 78.9 Å². The highest BCUT2D eigenvalue weighted by atomic mass is 32.1. The SMILES string of the molecule is CC(C(=O)Nc1sc2c(c1C(N)=O)CCC2)N1CCN(C(=O)N(C)C)CC1. The summed E-state index contributed by atoms with van der Waals surface area (Å²) in [5.41, 5.74) is 7.05. The van der Waals surface area contributed by atoms with Gasteiger partial charge in [-0.1, -0.05) is 0 Å². The fraction of sp³-hybridized carbons (Fsp3) is 0.611. The van der Waals surface area contributed by atoms with Gasteiger partial charge in [-0.2, -0.15) is 0 Å². The molecule has 1 atom stereocenters. The Kier molecular flexibility index (Phi) is 5.71. The van der Waals surface area contributed by atoms with Crippen LogP contribution in [0.4, 0.5) is 9.80 Å². The molecule has 0 saturated carbocycles. The standard InChI is InChI=1S/C18H27N5O3S/c1-11(22-7-9-23(10-8-22)18(26)21(2)3)16(25)20-17-14(15(19)24)12-5-4-6-13(12)27-17/h11H,4-10H2,1-3H3,(H2,19,24)(H,20,25). The molecule has 0 bridgehead atoms. The molecule has 1 aromatic rings. The van der Waals surface area contributed by atoms with Gasteiger partial charge in [-0.05, 0) is 31.7 Å². The van der Waals surface area contributed by atoms with Crippen LogP contribution in [0.2, 0.25) is 0 Å². The molecule has 3 N–H and O–H groups in total. The van der Waals surface area contributed by atoms with Crippen LogP contribution >= 0.6 is 11.3 Å². The number of carbonyl (C=O) groups is 3. The lowest BCUT2D eigenvalue weighted by Crippen LogP contribution is -2.55. The summed E-state index contributed by atoms with van der Waals surface area (Å²) in [5.74, 6) is -0.627. The van der Waals surface area contributed by atoms with Crippen molar-refractivity contribution >= 4 is 34.2 Å². The van der Waals surface area contributed by atoms with Crippen molar-refractivity contribution in [1.29, 1.82) is 0 Å². The number of piperazine rings is 1. The molecule has 1 unspecified atom stereocenters. The molecule has 3 rings (SSSR count). The summed E-state index contributed by atoms with van der Waals surface area (Å²) in [6.07, 6.45) is 2.81. The summed E-state index contributed by atoms with van der Waals surface area (Å²) in [4.78, 5) is 43.2. The minimum absolute atomic E-state index is 0.00837. The highest BCUT2D eigenvalue weighted by Gasteiger charge is 2.30. The molecule has 2 aliphatic rings. The highest BCUT2D eigenvalue weighted by Crippen LogP contribution is 2.38. The Balaban J connectivity index is 1.63. The van der Waals surface area contributed by atoms with Gasteiger partial charge in [0.15, 0.2) is 0 Å². The topological polar surface area (TPSA) is 99.0 Å². The number of fused-ring (bicyclic) bond motifs is 1. The van der Waals surface area contributed by atoms with Crippen LogP contribution in [0, 0.1) is 0 Å². The van der Waals surface area contributed by atoms with E-state index in [1.165, 1.54) is 11.3 Å². The quantitative estimate of drug-likeness (QED) is 0.796. The number of hydrogen-bond acceptors (Lipinski definition) is 5. The Morgan fingerprint density at radius 2 is 1.81 bits per heavy atom. The van der Waals surface area contributed by atoms with Crippen molar-refractivity contribution in [2.24, 2.45) is 5.73 Å². The number of aryl methyl sites for hydroxylation is 1. The van der Waals surface area contributed by atoms with Crippen molar-refractivity contribution in [1.82, 2.24) is 14.7 Å².